The van der Waals surface area contributed by atoms with Gasteiger partial charge in [-0.3, -0.25) is 9.59 Å². The smallest absolute Gasteiger partial charge is 0.464 e. The molecule has 0 aromatic rings. The molecule has 0 N–H and O–H groups in total. The molecular weight excluding hydrogens is 683 g/mol. The van der Waals surface area contributed by atoms with E-state index < -0.39 is 8.80 Å². The van der Waals surface area contributed by atoms with Crippen molar-refractivity contribution in [2.75, 3.05) is 12.9 Å². The van der Waals surface area contributed by atoms with Gasteiger partial charge in [0.05, 0.1) is 0 Å². The van der Waals surface area contributed by atoms with Gasteiger partial charge in [0, 0.05) is 31.7 Å². The predicted molar refractivity (Wildman–Crippen MR) is 225 cm³/mol. The third-order valence-corrected chi connectivity index (χ3v) is 13.6. The Bertz CT molecular complexity index is 775. The summed E-state index contributed by atoms with van der Waals surface area (Å²) in [5, 5.41) is 10.9. The van der Waals surface area contributed by atoms with E-state index in [1.54, 1.807) is 0 Å². The third kappa shape index (κ3) is 36.0. The second-order valence-electron chi connectivity index (χ2n) is 15.3. The zero-order chi connectivity index (χ0) is 38.1. The topological polar surface area (TPSA) is 85.6 Å². The number of unbranched alkanes of at least 4 members (excludes halogenated alkanes) is 31. The fraction of sp³-hybridized carbons (Fsp3) is 0.932. The van der Waals surface area contributed by atoms with Crippen LogP contribution in [-0.4, -0.2) is 33.6 Å². The van der Waals surface area contributed by atoms with Crippen LogP contribution in [0, 0.1) is 10.7 Å². The van der Waals surface area contributed by atoms with Crippen LogP contribution in [0.3, 0.4) is 0 Å². The molecule has 0 saturated heterocycles. The molecule has 0 aliphatic carbocycles. The Labute approximate surface area is 328 Å². The molecule has 52 heavy (non-hydrogen) atoms. The molecular formula is C44H85NO5SSi. The Kier molecular flexibility index (Phi) is 40.3. The molecule has 0 fully saturated rings. The number of thiocyanates is 1. The maximum absolute atomic E-state index is 13.0. The highest BCUT2D eigenvalue weighted by atomic mass is 32.2. The van der Waals surface area contributed by atoms with Crippen LogP contribution in [0.5, 0.6) is 0 Å². The highest BCUT2D eigenvalue weighted by Crippen LogP contribution is 2.23. The van der Waals surface area contributed by atoms with Gasteiger partial charge in [-0.15, -0.1) is 0 Å². The van der Waals surface area contributed by atoms with E-state index >= 15 is 0 Å². The lowest BCUT2D eigenvalue weighted by molar-refractivity contribution is -0.145. The van der Waals surface area contributed by atoms with Crippen molar-refractivity contribution in [1.29, 1.82) is 5.26 Å². The first kappa shape index (κ1) is 51.0. The molecule has 0 bridgehead atoms. The summed E-state index contributed by atoms with van der Waals surface area (Å²) in [6, 6.07) is 0.462. The molecule has 0 amide bonds. The first-order valence-corrected chi connectivity index (χ1v) is 25.4. The summed E-state index contributed by atoms with van der Waals surface area (Å²) in [4.78, 5) is 25.9. The van der Waals surface area contributed by atoms with E-state index in [4.69, 9.17) is 18.5 Å². The summed E-state index contributed by atoms with van der Waals surface area (Å²) in [5.74, 6) is 0.230. The number of thioether (sulfide) groups is 1. The van der Waals surface area contributed by atoms with Crippen LogP contribution in [0.25, 0.3) is 0 Å². The van der Waals surface area contributed by atoms with Gasteiger partial charge < -0.3 is 13.3 Å². The fourth-order valence-corrected chi connectivity index (χ4v) is 9.59. The molecule has 0 spiro atoms. The minimum Gasteiger partial charge on any atom is -0.464 e. The molecule has 306 valence electrons. The van der Waals surface area contributed by atoms with Gasteiger partial charge >= 0.3 is 8.80 Å². The van der Waals surface area contributed by atoms with Crippen molar-refractivity contribution in [1.82, 2.24) is 0 Å². The van der Waals surface area contributed by atoms with Gasteiger partial charge in [-0.05, 0) is 37.4 Å². The Balaban J connectivity index is 4.30. The number of nitriles is 1. The minimum absolute atomic E-state index is 0.298. The van der Waals surface area contributed by atoms with E-state index in [-0.39, 0.29) is 11.9 Å². The lowest BCUT2D eigenvalue weighted by Crippen LogP contribution is -2.48. The fourth-order valence-electron chi connectivity index (χ4n) is 6.95. The molecule has 0 heterocycles. The van der Waals surface area contributed by atoms with Crippen molar-refractivity contribution in [3.8, 4) is 5.40 Å². The highest BCUT2D eigenvalue weighted by molar-refractivity contribution is 8.03. The van der Waals surface area contributed by atoms with Gasteiger partial charge in [0.2, 0.25) is 0 Å². The number of hydrogen-bond acceptors (Lipinski definition) is 7. The van der Waals surface area contributed by atoms with E-state index in [9.17, 15) is 9.59 Å². The zero-order valence-electron chi connectivity index (χ0n) is 34.8. The lowest BCUT2D eigenvalue weighted by Gasteiger charge is -2.27. The minimum atomic E-state index is -3.45. The van der Waals surface area contributed by atoms with Crippen LogP contribution in [-0.2, 0) is 22.9 Å². The van der Waals surface area contributed by atoms with Crippen molar-refractivity contribution in [3.63, 3.8) is 0 Å². The maximum Gasteiger partial charge on any atom is 0.635 e. The monoisotopic (exact) mass is 768 g/mol. The van der Waals surface area contributed by atoms with Crippen LogP contribution in [0.4, 0.5) is 0 Å². The SMILES string of the molecule is CCCCCCCCCCCCCCCCCC(=O)O[Si](CCCCCCSC#N)(OC)OC(=O)CCCCCCCCCCCCCCCCC. The average molecular weight is 768 g/mol. The summed E-state index contributed by atoms with van der Waals surface area (Å²) in [6.45, 7) is 4.55. The summed E-state index contributed by atoms with van der Waals surface area (Å²) < 4.78 is 17.7. The number of nitrogens with zero attached hydrogens (tertiary/aromatic N) is 1. The zero-order valence-corrected chi connectivity index (χ0v) is 36.6. The molecule has 0 aromatic carbocycles. The van der Waals surface area contributed by atoms with Gasteiger partial charge in [0.25, 0.3) is 11.9 Å². The lowest BCUT2D eigenvalue weighted by atomic mass is 10.0. The van der Waals surface area contributed by atoms with Gasteiger partial charge in [0.15, 0.2) is 0 Å². The van der Waals surface area contributed by atoms with Crippen molar-refractivity contribution >= 4 is 32.5 Å². The Morgan fingerprint density at radius 2 is 0.750 bits per heavy atom. The predicted octanol–water partition coefficient (Wildman–Crippen LogP) is 15.0. The molecule has 0 radical (unpaired) electrons. The number of carbonyl (C=O) groups excluding carboxylic acids is 2. The first-order valence-electron chi connectivity index (χ1n) is 22.5. The first-order chi connectivity index (χ1) is 25.5. The average Bonchev–Trinajstić information content (AvgIpc) is 3.14. The molecule has 8 heteroatoms. The van der Waals surface area contributed by atoms with Gasteiger partial charge in [0.1, 0.15) is 5.40 Å². The Morgan fingerprint density at radius 3 is 1.06 bits per heavy atom. The van der Waals surface area contributed by atoms with Crippen LogP contribution in [0.1, 0.15) is 245 Å². The summed E-state index contributed by atoms with van der Waals surface area (Å²) >= 11 is 1.28. The molecule has 0 aromatic heterocycles. The van der Waals surface area contributed by atoms with E-state index in [0.717, 1.165) is 70.0 Å². The van der Waals surface area contributed by atoms with Gasteiger partial charge in [-0.2, -0.15) is 5.26 Å². The molecule has 0 aliphatic heterocycles. The third-order valence-electron chi connectivity index (χ3n) is 10.4. The molecule has 0 saturated carbocycles. The molecule has 0 aliphatic rings. The van der Waals surface area contributed by atoms with Gasteiger partial charge in [-0.1, -0.05) is 206 Å². The van der Waals surface area contributed by atoms with Crippen LogP contribution < -0.4 is 0 Å². The summed E-state index contributed by atoms with van der Waals surface area (Å²) in [7, 11) is -1.92. The molecule has 0 rings (SSSR count). The quantitative estimate of drug-likeness (QED) is 0.0347. The van der Waals surface area contributed by atoms with E-state index in [0.29, 0.717) is 18.9 Å². The van der Waals surface area contributed by atoms with E-state index in [1.165, 1.54) is 173 Å². The molecule has 6 nitrogen and oxygen atoms in total. The summed E-state index contributed by atoms with van der Waals surface area (Å²) in [6.07, 6.45) is 42.8. The van der Waals surface area contributed by atoms with Crippen molar-refractivity contribution in [2.45, 2.75) is 251 Å². The summed E-state index contributed by atoms with van der Waals surface area (Å²) in [5.41, 5.74) is 0. The number of carbonyl (C=O) groups is 2. The van der Waals surface area contributed by atoms with Crippen LogP contribution >= 0.6 is 11.8 Å². The van der Waals surface area contributed by atoms with Crippen LogP contribution in [0.15, 0.2) is 0 Å². The van der Waals surface area contributed by atoms with Gasteiger partial charge in [-0.25, -0.2) is 0 Å². The van der Waals surface area contributed by atoms with E-state index in [1.807, 2.05) is 0 Å². The normalized spacial score (nSPS) is 11.5. The standard InChI is InChI=1S/C44H85NO5SSi/c1-4-6-8-10-12-14-16-18-20-22-24-26-28-30-34-38-43(46)49-52(48-3,41-37-33-32-36-40-51-42-45)50-44(47)39-35-31-29-27-25-23-21-19-17-15-13-11-9-7-5-2/h4-41H2,1-3H3. The Hall–Kier alpha value is -1.04. The number of hydrogen-bond donors (Lipinski definition) is 0. The molecule has 0 unspecified atom stereocenters. The van der Waals surface area contributed by atoms with Crippen molar-refractivity contribution < 1.29 is 22.9 Å². The second-order valence-corrected chi connectivity index (χ2v) is 18.9. The van der Waals surface area contributed by atoms with Crippen molar-refractivity contribution in [2.24, 2.45) is 0 Å². The largest absolute Gasteiger partial charge is 0.635 e. The van der Waals surface area contributed by atoms with Crippen molar-refractivity contribution in [3.05, 3.63) is 0 Å². The second kappa shape index (κ2) is 41.1. The highest BCUT2D eigenvalue weighted by Gasteiger charge is 2.47. The Morgan fingerprint density at radius 1 is 0.462 bits per heavy atom. The van der Waals surface area contributed by atoms with Crippen LogP contribution in [0.2, 0.25) is 6.04 Å². The molecule has 0 atom stereocenters. The number of rotatable bonds is 42. The maximum atomic E-state index is 13.0. The van der Waals surface area contributed by atoms with E-state index in [2.05, 4.69) is 19.2 Å².